The lowest BCUT2D eigenvalue weighted by Crippen LogP contribution is -2.49. The van der Waals surface area contributed by atoms with Crippen LogP contribution < -0.4 is 0 Å². The first-order valence-electron chi connectivity index (χ1n) is 5.59. The number of hydrogen-bond acceptors (Lipinski definition) is 5. The molecule has 0 radical (unpaired) electrons. The van der Waals surface area contributed by atoms with E-state index in [1.54, 1.807) is 0 Å². The maximum Gasteiger partial charge on any atom is 0.434 e. The van der Waals surface area contributed by atoms with Gasteiger partial charge in [0.15, 0.2) is 0 Å². The summed E-state index contributed by atoms with van der Waals surface area (Å²) in [7, 11) is 1.97. The monoisotopic (exact) mass is 241 g/mol. The molecule has 94 valence electrons. The summed E-state index contributed by atoms with van der Waals surface area (Å²) in [6.45, 7) is 2.62. The molecular formula is C10H15N3O4. The van der Waals surface area contributed by atoms with Crippen LogP contribution in [-0.2, 0) is 14.4 Å². The van der Waals surface area contributed by atoms with Crippen LogP contribution in [-0.4, -0.2) is 66.0 Å². The summed E-state index contributed by atoms with van der Waals surface area (Å²) < 4.78 is 0. The summed E-state index contributed by atoms with van der Waals surface area (Å²) in [5.74, 6) is -0.894. The molecule has 7 heteroatoms. The number of imide groups is 1. The summed E-state index contributed by atoms with van der Waals surface area (Å²) in [6.07, 6.45) is -0.384. The van der Waals surface area contributed by atoms with Gasteiger partial charge in [-0.2, -0.15) is 0 Å². The molecule has 7 nitrogen and oxygen atoms in total. The van der Waals surface area contributed by atoms with E-state index in [0.29, 0.717) is 18.2 Å². The van der Waals surface area contributed by atoms with E-state index in [1.165, 1.54) is 4.90 Å². The van der Waals surface area contributed by atoms with Gasteiger partial charge < -0.3 is 14.6 Å². The zero-order valence-corrected chi connectivity index (χ0v) is 9.72. The van der Waals surface area contributed by atoms with Gasteiger partial charge >= 0.3 is 6.09 Å². The Kier molecular flexibility index (Phi) is 3.28. The van der Waals surface area contributed by atoms with Crippen LogP contribution >= 0.6 is 0 Å². The molecule has 0 spiro atoms. The molecule has 2 saturated heterocycles. The largest absolute Gasteiger partial charge is 0.434 e. The van der Waals surface area contributed by atoms with E-state index in [2.05, 4.69) is 4.90 Å². The van der Waals surface area contributed by atoms with E-state index in [-0.39, 0.29) is 12.8 Å². The molecule has 0 aliphatic carbocycles. The van der Waals surface area contributed by atoms with Crippen molar-refractivity contribution in [3.05, 3.63) is 0 Å². The van der Waals surface area contributed by atoms with E-state index in [4.69, 9.17) is 4.84 Å². The van der Waals surface area contributed by atoms with E-state index in [0.717, 1.165) is 13.1 Å². The topological polar surface area (TPSA) is 70.2 Å². The molecule has 0 unspecified atom stereocenters. The number of carbonyl (C=O) groups is 3. The first-order chi connectivity index (χ1) is 8.08. The minimum atomic E-state index is -0.623. The van der Waals surface area contributed by atoms with Crippen molar-refractivity contribution in [1.82, 2.24) is 14.9 Å². The molecule has 0 aromatic carbocycles. The van der Waals surface area contributed by atoms with Gasteiger partial charge in [0.1, 0.15) is 0 Å². The summed E-state index contributed by atoms with van der Waals surface area (Å²) in [6, 6.07) is 0. The number of rotatable bonds is 1. The Balaban J connectivity index is 1.88. The van der Waals surface area contributed by atoms with Gasteiger partial charge in [-0.25, -0.2) is 4.79 Å². The molecule has 0 saturated carbocycles. The molecule has 0 aromatic rings. The molecule has 17 heavy (non-hydrogen) atoms. The van der Waals surface area contributed by atoms with Crippen LogP contribution in [0.25, 0.3) is 0 Å². The fourth-order valence-corrected chi connectivity index (χ4v) is 1.78. The van der Waals surface area contributed by atoms with Gasteiger partial charge in [0, 0.05) is 39.0 Å². The maximum absolute atomic E-state index is 11.7. The number of carbonyl (C=O) groups excluding carboxylic acids is 3. The lowest BCUT2D eigenvalue weighted by Gasteiger charge is -2.31. The fraction of sp³-hybridized carbons (Fsp3) is 0.700. The van der Waals surface area contributed by atoms with Crippen molar-refractivity contribution in [1.29, 1.82) is 0 Å². The average molecular weight is 241 g/mol. The molecule has 0 bridgehead atoms. The summed E-state index contributed by atoms with van der Waals surface area (Å²) >= 11 is 0. The van der Waals surface area contributed by atoms with Crippen molar-refractivity contribution >= 4 is 17.9 Å². The molecule has 3 amide bonds. The molecule has 0 aromatic heterocycles. The Hall–Kier alpha value is -1.63. The Morgan fingerprint density at radius 1 is 1.06 bits per heavy atom. The van der Waals surface area contributed by atoms with E-state index >= 15 is 0 Å². The summed E-state index contributed by atoms with van der Waals surface area (Å²) in [5.41, 5.74) is 0. The second-order valence-corrected chi connectivity index (χ2v) is 4.23. The Morgan fingerprint density at radius 3 is 2.12 bits per heavy atom. The third-order valence-electron chi connectivity index (χ3n) is 2.94. The maximum atomic E-state index is 11.7. The molecule has 2 aliphatic heterocycles. The van der Waals surface area contributed by atoms with Crippen molar-refractivity contribution in [3.8, 4) is 0 Å². The summed E-state index contributed by atoms with van der Waals surface area (Å²) in [4.78, 5) is 42.6. The Morgan fingerprint density at radius 2 is 1.59 bits per heavy atom. The van der Waals surface area contributed by atoms with E-state index in [9.17, 15) is 14.4 Å². The van der Waals surface area contributed by atoms with Crippen molar-refractivity contribution in [2.45, 2.75) is 12.8 Å². The summed E-state index contributed by atoms with van der Waals surface area (Å²) in [5, 5.41) is 0.584. The zero-order valence-electron chi connectivity index (χ0n) is 9.72. The minimum absolute atomic E-state index is 0.120. The van der Waals surface area contributed by atoms with Gasteiger partial charge in [0.25, 0.3) is 11.8 Å². The van der Waals surface area contributed by atoms with Crippen LogP contribution in [0, 0.1) is 0 Å². The van der Waals surface area contributed by atoms with Crippen LogP contribution in [0.4, 0.5) is 4.79 Å². The molecule has 2 fully saturated rings. The van der Waals surface area contributed by atoms with Crippen molar-refractivity contribution in [2.75, 3.05) is 33.2 Å². The molecule has 2 rings (SSSR count). The Bertz CT molecular complexity index is 333. The number of hydroxylamine groups is 2. The second kappa shape index (κ2) is 4.70. The van der Waals surface area contributed by atoms with Gasteiger partial charge in [-0.15, -0.1) is 5.06 Å². The Labute approximate surface area is 98.8 Å². The smallest absolute Gasteiger partial charge is 0.311 e. The molecule has 0 atom stereocenters. The predicted molar refractivity (Wildman–Crippen MR) is 56.6 cm³/mol. The number of piperazine rings is 1. The minimum Gasteiger partial charge on any atom is -0.311 e. The van der Waals surface area contributed by atoms with Gasteiger partial charge in [-0.1, -0.05) is 0 Å². The van der Waals surface area contributed by atoms with Crippen molar-refractivity contribution < 1.29 is 19.2 Å². The van der Waals surface area contributed by atoms with Crippen LogP contribution in [0.2, 0.25) is 0 Å². The highest BCUT2D eigenvalue weighted by Crippen LogP contribution is 2.13. The first kappa shape index (κ1) is 11.8. The second-order valence-electron chi connectivity index (χ2n) is 4.23. The number of hydrogen-bond donors (Lipinski definition) is 0. The fourth-order valence-electron chi connectivity index (χ4n) is 1.78. The van der Waals surface area contributed by atoms with E-state index in [1.807, 2.05) is 7.05 Å². The first-order valence-corrected chi connectivity index (χ1v) is 5.59. The van der Waals surface area contributed by atoms with Crippen LogP contribution in [0.5, 0.6) is 0 Å². The normalized spacial score (nSPS) is 22.2. The van der Waals surface area contributed by atoms with Crippen LogP contribution in [0.15, 0.2) is 0 Å². The highest BCUT2D eigenvalue weighted by molar-refractivity contribution is 6.01. The highest BCUT2D eigenvalue weighted by atomic mass is 16.7. The molecule has 0 N–H and O–H groups in total. The highest BCUT2D eigenvalue weighted by Gasteiger charge is 2.34. The third kappa shape index (κ3) is 2.55. The lowest BCUT2D eigenvalue weighted by molar-refractivity contribution is -0.174. The standard InChI is InChI=1S/C10H15N3O4/c1-11-4-6-12(7-5-11)10(16)17-13-8(14)2-3-9(13)15/h2-7H2,1H3. The van der Waals surface area contributed by atoms with Crippen molar-refractivity contribution in [2.24, 2.45) is 0 Å². The number of amides is 3. The number of likely N-dealkylation sites (N-methyl/N-ethyl adjacent to an activating group) is 1. The van der Waals surface area contributed by atoms with Crippen LogP contribution in [0.3, 0.4) is 0 Å². The van der Waals surface area contributed by atoms with Gasteiger partial charge in [-0.3, -0.25) is 9.59 Å². The van der Waals surface area contributed by atoms with Gasteiger partial charge in [0.2, 0.25) is 0 Å². The molecule has 2 heterocycles. The lowest BCUT2D eigenvalue weighted by atomic mass is 10.3. The predicted octanol–water partition coefficient (Wildman–Crippen LogP) is -0.566. The average Bonchev–Trinajstić information content (AvgIpc) is 2.61. The molecular weight excluding hydrogens is 226 g/mol. The van der Waals surface area contributed by atoms with E-state index < -0.39 is 17.9 Å². The zero-order chi connectivity index (χ0) is 12.4. The van der Waals surface area contributed by atoms with Crippen LogP contribution in [0.1, 0.15) is 12.8 Å². The van der Waals surface area contributed by atoms with Crippen molar-refractivity contribution in [3.63, 3.8) is 0 Å². The number of nitrogens with zero attached hydrogens (tertiary/aromatic N) is 3. The third-order valence-corrected chi connectivity index (χ3v) is 2.94. The molecule has 2 aliphatic rings. The van der Waals surface area contributed by atoms with Gasteiger partial charge in [0.05, 0.1) is 0 Å². The SMILES string of the molecule is CN1CCN(C(=O)ON2C(=O)CCC2=O)CC1. The quantitative estimate of drug-likeness (QED) is 0.575. The van der Waals surface area contributed by atoms with Gasteiger partial charge in [-0.05, 0) is 7.05 Å².